The molecule has 0 aliphatic carbocycles. The molecule has 1 heterocycles. The van der Waals surface area contributed by atoms with Crippen LogP contribution in [0.4, 0.5) is 13.2 Å². The van der Waals surface area contributed by atoms with Crippen LogP contribution >= 0.6 is 0 Å². The maximum Gasteiger partial charge on any atom is 0.418 e. The van der Waals surface area contributed by atoms with Crippen LogP contribution in [0.3, 0.4) is 0 Å². The number of hydrogen-bond donors (Lipinski definition) is 1. The van der Waals surface area contributed by atoms with Crippen LogP contribution in [0.15, 0.2) is 30.5 Å². The lowest BCUT2D eigenvalue weighted by atomic mass is 10.1. The molecule has 2 aromatic rings. The topological polar surface area (TPSA) is 52.0 Å². The molecule has 1 aromatic heterocycles. The fourth-order valence-electron chi connectivity index (χ4n) is 1.80. The van der Waals surface area contributed by atoms with E-state index in [4.69, 9.17) is 4.74 Å². The Bertz CT molecular complexity index is 583. The molecular weight excluding hydrogens is 285 g/mol. The third-order valence-corrected chi connectivity index (χ3v) is 2.79. The number of para-hydroxylation sites is 1. The van der Waals surface area contributed by atoms with Gasteiger partial charge in [-0.3, -0.25) is 0 Å². The number of ether oxygens (including phenoxy) is 1. The van der Waals surface area contributed by atoms with Crippen molar-refractivity contribution in [1.29, 1.82) is 0 Å². The summed E-state index contributed by atoms with van der Waals surface area (Å²) >= 11 is 0. The average molecular weight is 300 g/mol. The SMILES string of the molecule is COCCNCc1cn(-c2ccccc2C(F)(F)F)nn1. The third kappa shape index (κ3) is 4.02. The van der Waals surface area contributed by atoms with Gasteiger partial charge in [0.05, 0.1) is 29.7 Å². The summed E-state index contributed by atoms with van der Waals surface area (Å²) in [7, 11) is 1.59. The van der Waals surface area contributed by atoms with Gasteiger partial charge in [0.15, 0.2) is 0 Å². The minimum atomic E-state index is -4.43. The van der Waals surface area contributed by atoms with E-state index in [2.05, 4.69) is 15.6 Å². The lowest BCUT2D eigenvalue weighted by Crippen LogP contribution is -2.18. The first kappa shape index (κ1) is 15.5. The molecule has 0 radical (unpaired) electrons. The highest BCUT2D eigenvalue weighted by Crippen LogP contribution is 2.33. The van der Waals surface area contributed by atoms with E-state index in [0.29, 0.717) is 25.4 Å². The number of hydrogen-bond acceptors (Lipinski definition) is 4. The van der Waals surface area contributed by atoms with Crippen molar-refractivity contribution < 1.29 is 17.9 Å². The summed E-state index contributed by atoms with van der Waals surface area (Å²) in [6.07, 6.45) is -2.95. The van der Waals surface area contributed by atoms with Crippen molar-refractivity contribution in [3.8, 4) is 5.69 Å². The largest absolute Gasteiger partial charge is 0.418 e. The molecule has 1 aromatic carbocycles. The van der Waals surface area contributed by atoms with Crippen molar-refractivity contribution in [3.05, 3.63) is 41.7 Å². The Labute approximate surface area is 119 Å². The molecule has 0 amide bonds. The van der Waals surface area contributed by atoms with Gasteiger partial charge in [-0.05, 0) is 12.1 Å². The number of benzene rings is 1. The van der Waals surface area contributed by atoms with E-state index in [9.17, 15) is 13.2 Å². The van der Waals surface area contributed by atoms with E-state index in [1.807, 2.05) is 0 Å². The highest BCUT2D eigenvalue weighted by atomic mass is 19.4. The van der Waals surface area contributed by atoms with Crippen LogP contribution in [0.5, 0.6) is 0 Å². The Hall–Kier alpha value is -1.93. The first-order chi connectivity index (χ1) is 10.0. The predicted molar refractivity (Wildman–Crippen MR) is 69.9 cm³/mol. The molecule has 0 saturated carbocycles. The van der Waals surface area contributed by atoms with E-state index < -0.39 is 11.7 Å². The maximum absolute atomic E-state index is 12.9. The highest BCUT2D eigenvalue weighted by molar-refractivity contribution is 5.42. The zero-order valence-electron chi connectivity index (χ0n) is 11.4. The van der Waals surface area contributed by atoms with Crippen molar-refractivity contribution in [3.63, 3.8) is 0 Å². The Morgan fingerprint density at radius 3 is 2.76 bits per heavy atom. The molecule has 5 nitrogen and oxygen atoms in total. The molecule has 2 rings (SSSR count). The molecule has 21 heavy (non-hydrogen) atoms. The van der Waals surface area contributed by atoms with E-state index >= 15 is 0 Å². The molecule has 1 N–H and O–H groups in total. The fraction of sp³-hybridized carbons (Fsp3) is 0.385. The van der Waals surface area contributed by atoms with Crippen LogP contribution in [0.2, 0.25) is 0 Å². The van der Waals surface area contributed by atoms with E-state index in [-0.39, 0.29) is 5.69 Å². The lowest BCUT2D eigenvalue weighted by molar-refractivity contribution is -0.137. The Morgan fingerprint density at radius 2 is 2.05 bits per heavy atom. The fourth-order valence-corrected chi connectivity index (χ4v) is 1.80. The first-order valence-electron chi connectivity index (χ1n) is 6.30. The van der Waals surface area contributed by atoms with Crippen molar-refractivity contribution in [2.75, 3.05) is 20.3 Å². The van der Waals surface area contributed by atoms with Crippen LogP contribution < -0.4 is 5.32 Å². The Kier molecular flexibility index (Phi) is 4.92. The minimum Gasteiger partial charge on any atom is -0.383 e. The second-order valence-electron chi connectivity index (χ2n) is 4.34. The van der Waals surface area contributed by atoms with Gasteiger partial charge >= 0.3 is 6.18 Å². The predicted octanol–water partition coefficient (Wildman–Crippen LogP) is 2.02. The Balaban J connectivity index is 2.15. The van der Waals surface area contributed by atoms with Crippen LogP contribution in [-0.4, -0.2) is 35.3 Å². The van der Waals surface area contributed by atoms with Gasteiger partial charge in [-0.25, -0.2) is 4.68 Å². The lowest BCUT2D eigenvalue weighted by Gasteiger charge is -2.11. The average Bonchev–Trinajstić information content (AvgIpc) is 2.91. The molecule has 0 spiro atoms. The monoisotopic (exact) mass is 300 g/mol. The summed E-state index contributed by atoms with van der Waals surface area (Å²) in [5.74, 6) is 0. The molecule has 0 saturated heterocycles. The standard InChI is InChI=1S/C13H15F3N4O/c1-21-7-6-17-8-10-9-20(19-18-10)12-5-3-2-4-11(12)13(14,15)16/h2-5,9,17H,6-8H2,1H3. The maximum atomic E-state index is 12.9. The van der Waals surface area contributed by atoms with Gasteiger partial charge in [0.1, 0.15) is 0 Å². The third-order valence-electron chi connectivity index (χ3n) is 2.79. The number of nitrogens with zero attached hydrogens (tertiary/aromatic N) is 3. The van der Waals surface area contributed by atoms with Crippen LogP contribution in [0, 0.1) is 0 Å². The Morgan fingerprint density at radius 1 is 1.29 bits per heavy atom. The smallest absolute Gasteiger partial charge is 0.383 e. The molecule has 0 unspecified atom stereocenters. The summed E-state index contributed by atoms with van der Waals surface area (Å²) in [5, 5.41) is 10.7. The molecular formula is C13H15F3N4O. The van der Waals surface area contributed by atoms with E-state index in [0.717, 1.165) is 10.7 Å². The van der Waals surface area contributed by atoms with Gasteiger partial charge in [0.25, 0.3) is 0 Å². The molecule has 0 atom stereocenters. The number of rotatable bonds is 6. The summed E-state index contributed by atoms with van der Waals surface area (Å²) in [6.45, 7) is 1.59. The number of methoxy groups -OCH3 is 1. The van der Waals surface area contributed by atoms with Gasteiger partial charge in [0, 0.05) is 20.2 Å². The van der Waals surface area contributed by atoms with E-state index in [1.165, 1.54) is 24.4 Å². The van der Waals surface area contributed by atoms with Gasteiger partial charge in [-0.1, -0.05) is 17.3 Å². The summed E-state index contributed by atoms with van der Waals surface area (Å²) in [6, 6.07) is 5.26. The number of aromatic nitrogens is 3. The van der Waals surface area contributed by atoms with Gasteiger partial charge in [-0.15, -0.1) is 5.10 Å². The summed E-state index contributed by atoms with van der Waals surface area (Å²) < 4.78 is 44.8. The van der Waals surface area contributed by atoms with Crippen LogP contribution in [0.25, 0.3) is 5.69 Å². The molecule has 0 aliphatic rings. The second kappa shape index (κ2) is 6.68. The van der Waals surface area contributed by atoms with Crippen LogP contribution in [0.1, 0.15) is 11.3 Å². The van der Waals surface area contributed by atoms with Crippen molar-refractivity contribution in [2.24, 2.45) is 0 Å². The van der Waals surface area contributed by atoms with Crippen molar-refractivity contribution in [1.82, 2.24) is 20.3 Å². The normalized spacial score (nSPS) is 11.8. The quantitative estimate of drug-likeness (QED) is 0.829. The van der Waals surface area contributed by atoms with Crippen molar-refractivity contribution >= 4 is 0 Å². The van der Waals surface area contributed by atoms with Gasteiger partial charge in [0.2, 0.25) is 0 Å². The molecule has 8 heteroatoms. The molecule has 114 valence electrons. The molecule has 0 bridgehead atoms. The zero-order chi connectivity index (χ0) is 15.3. The number of nitrogens with one attached hydrogen (secondary N) is 1. The second-order valence-corrected chi connectivity index (χ2v) is 4.34. The minimum absolute atomic E-state index is 0.0411. The van der Waals surface area contributed by atoms with E-state index in [1.54, 1.807) is 7.11 Å². The van der Waals surface area contributed by atoms with Gasteiger partial charge < -0.3 is 10.1 Å². The number of halogens is 3. The van der Waals surface area contributed by atoms with Gasteiger partial charge in [-0.2, -0.15) is 13.2 Å². The molecule has 0 fully saturated rings. The van der Waals surface area contributed by atoms with Crippen LogP contribution in [-0.2, 0) is 17.5 Å². The summed E-state index contributed by atoms with van der Waals surface area (Å²) in [5.41, 5.74) is -0.225. The van der Waals surface area contributed by atoms with Crippen molar-refractivity contribution in [2.45, 2.75) is 12.7 Å². The zero-order valence-corrected chi connectivity index (χ0v) is 11.4. The summed E-state index contributed by atoms with van der Waals surface area (Å²) in [4.78, 5) is 0. The highest BCUT2D eigenvalue weighted by Gasteiger charge is 2.33. The first-order valence-corrected chi connectivity index (χ1v) is 6.30. The molecule has 0 aliphatic heterocycles. The number of alkyl halides is 3.